The minimum absolute atomic E-state index is 0.0464. The molecule has 0 spiro atoms. The van der Waals surface area contributed by atoms with E-state index in [1.54, 1.807) is 24.0 Å². The lowest BCUT2D eigenvalue weighted by molar-refractivity contribution is -0.124. The molecule has 0 N–H and O–H groups in total. The average molecular weight is 382 g/mol. The zero-order chi connectivity index (χ0) is 19.2. The number of Topliss-reactive ketones (excluding diaryl/α,β-unsaturated/α-hetero) is 1. The molecule has 1 saturated heterocycles. The van der Waals surface area contributed by atoms with Gasteiger partial charge < -0.3 is 4.74 Å². The number of rotatable bonds is 4. The van der Waals surface area contributed by atoms with E-state index in [2.05, 4.69) is 0 Å². The summed E-state index contributed by atoms with van der Waals surface area (Å²) in [4.78, 5) is 27.0. The van der Waals surface area contributed by atoms with E-state index in [1.165, 1.54) is 6.07 Å². The number of carbonyl (C=O) groups excluding carboxylic acids is 2. The first kappa shape index (κ1) is 19.2. The van der Waals surface area contributed by atoms with E-state index in [1.807, 2.05) is 20.8 Å². The van der Waals surface area contributed by atoms with Gasteiger partial charge in [-0.1, -0.05) is 30.7 Å². The van der Waals surface area contributed by atoms with E-state index < -0.39 is 23.6 Å². The quantitative estimate of drug-likeness (QED) is 0.742. The molecule has 2 fully saturated rings. The van der Waals surface area contributed by atoms with Crippen molar-refractivity contribution in [3.8, 4) is 0 Å². The average Bonchev–Trinajstić information content (AvgIpc) is 3.17. The predicted octanol–water partition coefficient (Wildman–Crippen LogP) is 4.94. The highest BCUT2D eigenvalue weighted by Crippen LogP contribution is 2.49. The molecule has 3 rings (SSSR count). The van der Waals surface area contributed by atoms with E-state index >= 15 is 0 Å². The van der Waals surface area contributed by atoms with Crippen LogP contribution in [0.25, 0.3) is 0 Å². The van der Waals surface area contributed by atoms with Gasteiger partial charge in [-0.05, 0) is 57.1 Å². The largest absolute Gasteiger partial charge is 0.444 e. The number of likely N-dealkylation sites (tertiary alicyclic amines) is 1. The Bertz CT molecular complexity index is 730. The molecular formula is C20H25ClFNO3. The highest BCUT2D eigenvalue weighted by Gasteiger charge is 2.56. The Kier molecular flexibility index (Phi) is 5.04. The number of ether oxygens (including phenoxy) is 1. The van der Waals surface area contributed by atoms with Crippen LogP contribution < -0.4 is 0 Å². The Hall–Kier alpha value is -1.62. The van der Waals surface area contributed by atoms with Crippen molar-refractivity contribution in [3.63, 3.8) is 0 Å². The highest BCUT2D eigenvalue weighted by molar-refractivity contribution is 6.30. The van der Waals surface area contributed by atoms with Crippen LogP contribution in [0.5, 0.6) is 0 Å². The lowest BCUT2D eigenvalue weighted by Crippen LogP contribution is -2.45. The molecule has 1 aromatic rings. The molecule has 0 radical (unpaired) electrons. The number of amides is 1. The Morgan fingerprint density at radius 3 is 2.69 bits per heavy atom. The molecular weight excluding hydrogens is 357 g/mol. The van der Waals surface area contributed by atoms with Crippen LogP contribution in [0.4, 0.5) is 9.18 Å². The number of ketones is 1. The summed E-state index contributed by atoms with van der Waals surface area (Å²) < 4.78 is 19.7. The third-order valence-electron chi connectivity index (χ3n) is 5.10. The zero-order valence-corrected chi connectivity index (χ0v) is 16.3. The molecule has 1 aliphatic heterocycles. The molecule has 2 aliphatic rings. The van der Waals surface area contributed by atoms with Gasteiger partial charge in [-0.3, -0.25) is 9.69 Å². The predicted molar refractivity (Wildman–Crippen MR) is 97.8 cm³/mol. The summed E-state index contributed by atoms with van der Waals surface area (Å²) >= 11 is 5.84. The monoisotopic (exact) mass is 381 g/mol. The first-order valence-electron chi connectivity index (χ1n) is 9.06. The number of hydrogen-bond acceptors (Lipinski definition) is 3. The van der Waals surface area contributed by atoms with E-state index in [0.29, 0.717) is 17.9 Å². The second-order valence-electron chi connectivity index (χ2n) is 8.42. The summed E-state index contributed by atoms with van der Waals surface area (Å²) in [6, 6.07) is 4.45. The van der Waals surface area contributed by atoms with Gasteiger partial charge in [0.2, 0.25) is 0 Å². The zero-order valence-electron chi connectivity index (χ0n) is 15.6. The molecule has 1 amide bonds. The molecule has 26 heavy (non-hydrogen) atoms. The molecule has 1 aliphatic carbocycles. The lowest BCUT2D eigenvalue weighted by atomic mass is 9.91. The molecule has 1 aromatic carbocycles. The molecule has 0 aromatic heterocycles. The van der Waals surface area contributed by atoms with Gasteiger partial charge in [0.05, 0.1) is 11.1 Å². The third kappa shape index (κ3) is 3.88. The van der Waals surface area contributed by atoms with Crippen LogP contribution in [0.15, 0.2) is 18.2 Å². The lowest BCUT2D eigenvalue weighted by Gasteiger charge is -2.30. The first-order valence-corrected chi connectivity index (χ1v) is 9.44. The molecule has 1 saturated carbocycles. The fourth-order valence-electron chi connectivity index (χ4n) is 3.77. The Morgan fingerprint density at radius 2 is 2.04 bits per heavy atom. The van der Waals surface area contributed by atoms with E-state index in [4.69, 9.17) is 16.3 Å². The fourth-order valence-corrected chi connectivity index (χ4v) is 3.95. The van der Waals surface area contributed by atoms with Crippen molar-refractivity contribution in [2.75, 3.05) is 0 Å². The topological polar surface area (TPSA) is 46.6 Å². The number of carbonyl (C=O) groups is 2. The molecule has 4 nitrogen and oxygen atoms in total. The SMILES string of the molecule is C[C@@H](CC(=O)[C@@H]1C[C@H]2C[C@H]2N1C(=O)OC(C)(C)C)c1cccc(Cl)c1F. The molecule has 6 heteroatoms. The Morgan fingerprint density at radius 1 is 1.35 bits per heavy atom. The minimum Gasteiger partial charge on any atom is -0.444 e. The summed E-state index contributed by atoms with van der Waals surface area (Å²) in [6.07, 6.45) is 1.35. The van der Waals surface area contributed by atoms with Gasteiger partial charge in [0.1, 0.15) is 11.4 Å². The Balaban J connectivity index is 1.70. The molecule has 0 bridgehead atoms. The minimum atomic E-state index is -0.602. The summed E-state index contributed by atoms with van der Waals surface area (Å²) in [5.74, 6) is -0.448. The van der Waals surface area contributed by atoms with Gasteiger partial charge >= 0.3 is 6.09 Å². The normalized spacial score (nSPS) is 25.6. The van der Waals surface area contributed by atoms with Crippen molar-refractivity contribution in [2.24, 2.45) is 5.92 Å². The van der Waals surface area contributed by atoms with Crippen molar-refractivity contribution in [1.82, 2.24) is 4.90 Å². The maximum Gasteiger partial charge on any atom is 0.411 e. The molecule has 1 heterocycles. The number of nitrogens with zero attached hydrogens (tertiary/aromatic N) is 1. The first-order chi connectivity index (χ1) is 12.1. The molecule has 142 valence electrons. The standard InChI is InChI=1S/C20H25ClFNO3/c1-11(13-6-5-7-14(21)18(13)22)8-17(24)16-10-12-9-15(12)23(16)19(25)26-20(2,3)4/h5-7,11-12,15-16H,8-10H2,1-4H3/t11-,12+,15+,16-/m0/s1. The maximum absolute atomic E-state index is 14.2. The second kappa shape index (κ2) is 6.84. The second-order valence-corrected chi connectivity index (χ2v) is 8.82. The van der Waals surface area contributed by atoms with Crippen LogP contribution in [-0.2, 0) is 9.53 Å². The summed E-state index contributed by atoms with van der Waals surface area (Å²) in [5.41, 5.74) is -0.174. The smallest absolute Gasteiger partial charge is 0.411 e. The number of piperidine rings is 1. The van der Waals surface area contributed by atoms with Gasteiger partial charge in [0.25, 0.3) is 0 Å². The van der Waals surface area contributed by atoms with Gasteiger partial charge in [0.15, 0.2) is 5.78 Å². The third-order valence-corrected chi connectivity index (χ3v) is 5.39. The molecule has 0 unspecified atom stereocenters. The van der Waals surface area contributed by atoms with Crippen LogP contribution >= 0.6 is 11.6 Å². The van der Waals surface area contributed by atoms with Gasteiger partial charge in [-0.25, -0.2) is 9.18 Å². The highest BCUT2D eigenvalue weighted by atomic mass is 35.5. The summed E-state index contributed by atoms with van der Waals surface area (Å²) in [7, 11) is 0. The Labute approximate surface area is 158 Å². The van der Waals surface area contributed by atoms with E-state index in [9.17, 15) is 14.0 Å². The number of hydrogen-bond donors (Lipinski definition) is 0. The molecule has 4 atom stereocenters. The number of halogens is 2. The van der Waals surface area contributed by atoms with E-state index in [-0.39, 0.29) is 29.2 Å². The number of fused-ring (bicyclic) bond motifs is 1. The maximum atomic E-state index is 14.2. The van der Waals surface area contributed by atoms with Gasteiger partial charge in [0, 0.05) is 12.5 Å². The summed E-state index contributed by atoms with van der Waals surface area (Å²) in [6.45, 7) is 7.24. The number of benzene rings is 1. The van der Waals surface area contributed by atoms with Crippen LogP contribution in [-0.4, -0.2) is 34.5 Å². The van der Waals surface area contributed by atoms with Gasteiger partial charge in [-0.15, -0.1) is 0 Å². The summed E-state index contributed by atoms with van der Waals surface area (Å²) in [5, 5.41) is 0.0549. The van der Waals surface area contributed by atoms with Crippen molar-refractivity contribution in [2.45, 2.75) is 70.6 Å². The van der Waals surface area contributed by atoms with Crippen LogP contribution in [0.1, 0.15) is 58.4 Å². The van der Waals surface area contributed by atoms with Crippen LogP contribution in [0.2, 0.25) is 5.02 Å². The van der Waals surface area contributed by atoms with Gasteiger partial charge in [-0.2, -0.15) is 0 Å². The van der Waals surface area contributed by atoms with Crippen LogP contribution in [0.3, 0.4) is 0 Å². The van der Waals surface area contributed by atoms with Crippen molar-refractivity contribution >= 4 is 23.5 Å². The van der Waals surface area contributed by atoms with E-state index in [0.717, 1.165) is 6.42 Å². The van der Waals surface area contributed by atoms with Crippen molar-refractivity contribution in [3.05, 3.63) is 34.6 Å². The fraction of sp³-hybridized carbons (Fsp3) is 0.600. The van der Waals surface area contributed by atoms with Crippen molar-refractivity contribution in [1.29, 1.82) is 0 Å². The van der Waals surface area contributed by atoms with Crippen LogP contribution in [0, 0.1) is 11.7 Å². The van der Waals surface area contributed by atoms with Crippen molar-refractivity contribution < 1.29 is 18.7 Å².